The van der Waals surface area contributed by atoms with Crippen molar-refractivity contribution >= 4 is 0 Å². The van der Waals surface area contributed by atoms with Crippen LogP contribution in [0.15, 0.2) is 35.3 Å². The van der Waals surface area contributed by atoms with Crippen LogP contribution < -0.4 is 5.56 Å². The fourth-order valence-electron chi connectivity index (χ4n) is 2.74. The lowest BCUT2D eigenvalue weighted by Crippen LogP contribution is -2.13. The third kappa shape index (κ3) is 3.51. The van der Waals surface area contributed by atoms with Crippen LogP contribution >= 0.6 is 0 Å². The Kier molecular flexibility index (Phi) is 4.39. The van der Waals surface area contributed by atoms with Gasteiger partial charge in [0.1, 0.15) is 11.5 Å². The first kappa shape index (κ1) is 17.8. The Morgan fingerprint density at radius 1 is 1.15 bits per heavy atom. The highest BCUT2D eigenvalue weighted by Crippen LogP contribution is 2.32. The smallest absolute Gasteiger partial charge is 0.311 e. The Labute approximate surface area is 146 Å². The molecule has 0 aliphatic rings. The van der Waals surface area contributed by atoms with E-state index in [1.165, 1.54) is 23.1 Å². The number of rotatable bonds is 3. The van der Waals surface area contributed by atoms with Crippen molar-refractivity contribution in [2.24, 2.45) is 0 Å². The number of halogens is 3. The maximum absolute atomic E-state index is 12.8. The molecule has 136 valence electrons. The van der Waals surface area contributed by atoms with Crippen LogP contribution in [0.2, 0.25) is 0 Å². The highest BCUT2D eigenvalue weighted by atomic mass is 19.4. The van der Waals surface area contributed by atoms with E-state index in [2.05, 4.69) is 20.2 Å². The summed E-state index contributed by atoms with van der Waals surface area (Å²) in [6.45, 7) is 5.06. The molecule has 0 aliphatic carbocycles. The molecule has 0 radical (unpaired) electrons. The summed E-state index contributed by atoms with van der Waals surface area (Å²) in [5.74, 6) is 0.452. The van der Waals surface area contributed by atoms with Crippen molar-refractivity contribution in [3.05, 3.63) is 63.3 Å². The van der Waals surface area contributed by atoms with E-state index in [1.807, 2.05) is 0 Å². The summed E-state index contributed by atoms with van der Waals surface area (Å²) < 4.78 is 38.4. The van der Waals surface area contributed by atoms with Gasteiger partial charge in [0.15, 0.2) is 0 Å². The number of nitrogens with zero attached hydrogens (tertiary/aromatic N) is 4. The van der Waals surface area contributed by atoms with E-state index >= 15 is 0 Å². The van der Waals surface area contributed by atoms with Crippen LogP contribution in [0.3, 0.4) is 0 Å². The summed E-state index contributed by atoms with van der Waals surface area (Å²) in [7, 11) is 0. The van der Waals surface area contributed by atoms with Crippen molar-refractivity contribution < 1.29 is 13.2 Å². The van der Waals surface area contributed by atoms with Gasteiger partial charge in [0.25, 0.3) is 5.56 Å². The lowest BCUT2D eigenvalue weighted by Gasteiger charge is -2.16. The highest BCUT2D eigenvalue weighted by Gasteiger charge is 2.31. The second-order valence-corrected chi connectivity index (χ2v) is 6.01. The largest absolute Gasteiger partial charge is 0.416 e. The monoisotopic (exact) mass is 363 g/mol. The van der Waals surface area contributed by atoms with E-state index in [4.69, 9.17) is 0 Å². The molecular formula is C17H16F3N5O. The maximum atomic E-state index is 12.8. The predicted molar refractivity (Wildman–Crippen MR) is 88.6 cm³/mol. The fraction of sp³-hybridized carbons (Fsp3) is 0.294. The van der Waals surface area contributed by atoms with Crippen LogP contribution in [-0.4, -0.2) is 25.0 Å². The average Bonchev–Trinajstić information content (AvgIpc) is 3.02. The number of aromatic nitrogens is 5. The van der Waals surface area contributed by atoms with E-state index in [-0.39, 0.29) is 11.6 Å². The Bertz CT molecular complexity index is 1010. The van der Waals surface area contributed by atoms with E-state index in [0.717, 1.165) is 12.1 Å². The van der Waals surface area contributed by atoms with Crippen LogP contribution in [0.4, 0.5) is 13.2 Å². The average molecular weight is 363 g/mol. The molecule has 0 saturated heterocycles. The minimum atomic E-state index is -4.38. The van der Waals surface area contributed by atoms with Crippen molar-refractivity contribution in [2.75, 3.05) is 0 Å². The molecule has 2 heterocycles. The Morgan fingerprint density at radius 3 is 2.50 bits per heavy atom. The van der Waals surface area contributed by atoms with Gasteiger partial charge in [-0.2, -0.15) is 28.2 Å². The molecule has 9 heteroatoms. The molecule has 0 amide bonds. The fourth-order valence-corrected chi connectivity index (χ4v) is 2.74. The van der Waals surface area contributed by atoms with Crippen LogP contribution in [0, 0.1) is 13.8 Å². The first-order valence-corrected chi connectivity index (χ1v) is 7.83. The second kappa shape index (κ2) is 6.40. The highest BCUT2D eigenvalue weighted by molar-refractivity contribution is 5.51. The van der Waals surface area contributed by atoms with Gasteiger partial charge < -0.3 is 4.98 Å². The number of aryl methyl sites for hydroxylation is 2. The molecule has 1 N–H and O–H groups in total. The first-order valence-electron chi connectivity index (χ1n) is 7.83. The summed E-state index contributed by atoms with van der Waals surface area (Å²) in [4.78, 5) is 19.7. The third-order valence-electron chi connectivity index (χ3n) is 4.02. The molecule has 26 heavy (non-hydrogen) atoms. The van der Waals surface area contributed by atoms with Crippen molar-refractivity contribution in [2.45, 2.75) is 33.0 Å². The van der Waals surface area contributed by atoms with Crippen LogP contribution in [0.25, 0.3) is 11.4 Å². The minimum Gasteiger partial charge on any atom is -0.311 e. The van der Waals surface area contributed by atoms with Gasteiger partial charge in [-0.15, -0.1) is 0 Å². The van der Waals surface area contributed by atoms with E-state index in [0.29, 0.717) is 28.3 Å². The molecule has 3 rings (SSSR count). The summed E-state index contributed by atoms with van der Waals surface area (Å²) in [6.07, 6.45) is -2.91. The molecule has 1 atom stereocenters. The zero-order chi connectivity index (χ0) is 19.1. The van der Waals surface area contributed by atoms with Gasteiger partial charge in [-0.1, -0.05) is 6.07 Å². The molecule has 6 nitrogen and oxygen atoms in total. The van der Waals surface area contributed by atoms with Crippen molar-refractivity contribution in [1.29, 1.82) is 0 Å². The van der Waals surface area contributed by atoms with Crippen molar-refractivity contribution in [1.82, 2.24) is 25.0 Å². The number of benzene rings is 1. The summed E-state index contributed by atoms with van der Waals surface area (Å²) >= 11 is 0. The Balaban J connectivity index is 1.93. The summed E-state index contributed by atoms with van der Waals surface area (Å²) in [5.41, 5.74) is 0.980. The van der Waals surface area contributed by atoms with Crippen LogP contribution in [0.5, 0.6) is 0 Å². The normalized spacial score (nSPS) is 13.0. The van der Waals surface area contributed by atoms with Crippen LogP contribution in [-0.2, 0) is 6.18 Å². The molecule has 0 spiro atoms. The molecule has 0 fully saturated rings. The topological polar surface area (TPSA) is 76.5 Å². The number of nitrogens with one attached hydrogen (secondary N) is 1. The number of H-pyrrole nitrogens is 1. The third-order valence-corrected chi connectivity index (χ3v) is 4.02. The summed E-state index contributed by atoms with van der Waals surface area (Å²) in [5, 5.41) is 8.49. The van der Waals surface area contributed by atoms with Gasteiger partial charge in [-0.05, 0) is 44.0 Å². The molecule has 0 saturated carbocycles. The lowest BCUT2D eigenvalue weighted by molar-refractivity contribution is -0.137. The minimum absolute atomic E-state index is 0.298. The standard InChI is InChI=1S/C17H16F3N5O/c1-9-6-12(17(18,19)20)4-5-13(9)10(2)25-21-8-15(24-25)14-7-16(26)23-11(3)22-14/h4-8,10H,1-3H3,(H,22,23,26)/t10-/m0/s1. The Hall–Kier alpha value is -2.97. The Morgan fingerprint density at radius 2 is 1.88 bits per heavy atom. The molecule has 0 aliphatic heterocycles. The number of alkyl halides is 3. The summed E-state index contributed by atoms with van der Waals surface area (Å²) in [6, 6.07) is 4.52. The van der Waals surface area contributed by atoms with Gasteiger partial charge >= 0.3 is 6.18 Å². The lowest BCUT2D eigenvalue weighted by atomic mass is 10.00. The van der Waals surface area contributed by atoms with Gasteiger partial charge in [0, 0.05) is 6.07 Å². The van der Waals surface area contributed by atoms with Crippen molar-refractivity contribution in [3.63, 3.8) is 0 Å². The number of aromatic amines is 1. The van der Waals surface area contributed by atoms with E-state index in [1.54, 1.807) is 20.8 Å². The molecule has 0 bridgehead atoms. The first-order chi connectivity index (χ1) is 12.1. The number of hydrogen-bond donors (Lipinski definition) is 1. The molecule has 2 aromatic heterocycles. The predicted octanol–water partition coefficient (Wildman–Crippen LogP) is 3.27. The molecule has 3 aromatic rings. The van der Waals surface area contributed by atoms with Gasteiger partial charge in [-0.25, -0.2) is 4.98 Å². The molecule has 1 aromatic carbocycles. The van der Waals surface area contributed by atoms with Gasteiger partial charge in [0.05, 0.1) is 23.5 Å². The van der Waals surface area contributed by atoms with E-state index < -0.39 is 11.7 Å². The number of hydrogen-bond acceptors (Lipinski definition) is 4. The maximum Gasteiger partial charge on any atom is 0.416 e. The van der Waals surface area contributed by atoms with Gasteiger partial charge in [0.2, 0.25) is 0 Å². The second-order valence-electron chi connectivity index (χ2n) is 6.01. The zero-order valence-electron chi connectivity index (χ0n) is 14.3. The SMILES string of the molecule is Cc1nc(-c2cnn([C@@H](C)c3ccc(C(F)(F)F)cc3C)n2)cc(=O)[nH]1. The molecular weight excluding hydrogens is 347 g/mol. The molecule has 0 unspecified atom stereocenters. The zero-order valence-corrected chi connectivity index (χ0v) is 14.3. The van der Waals surface area contributed by atoms with Gasteiger partial charge in [-0.3, -0.25) is 4.79 Å². The van der Waals surface area contributed by atoms with Crippen molar-refractivity contribution in [3.8, 4) is 11.4 Å². The van der Waals surface area contributed by atoms with E-state index in [9.17, 15) is 18.0 Å². The quantitative estimate of drug-likeness (QED) is 0.775. The van der Waals surface area contributed by atoms with Crippen LogP contribution in [0.1, 0.15) is 35.5 Å².